The van der Waals surface area contributed by atoms with Gasteiger partial charge in [-0.25, -0.2) is 4.39 Å². The van der Waals surface area contributed by atoms with Crippen LogP contribution in [-0.2, 0) is 11.3 Å². The van der Waals surface area contributed by atoms with Crippen LogP contribution in [0.15, 0.2) is 48.5 Å². The number of nitriles is 1. The van der Waals surface area contributed by atoms with Crippen molar-refractivity contribution in [1.29, 1.82) is 5.26 Å². The Balaban J connectivity index is 1.75. The highest BCUT2D eigenvalue weighted by molar-refractivity contribution is 5.33. The van der Waals surface area contributed by atoms with Gasteiger partial charge in [-0.05, 0) is 48.2 Å². The van der Waals surface area contributed by atoms with Crippen LogP contribution in [-0.4, -0.2) is 12.7 Å². The Labute approximate surface area is 135 Å². The first-order valence-corrected chi connectivity index (χ1v) is 7.86. The van der Waals surface area contributed by atoms with Crippen LogP contribution in [0.4, 0.5) is 4.39 Å². The molecule has 2 aromatic rings. The summed E-state index contributed by atoms with van der Waals surface area (Å²) in [6.45, 7) is 1.41. The molecule has 3 rings (SSSR count). The Bertz CT molecular complexity index is 687. The number of halogens is 1. The van der Waals surface area contributed by atoms with Gasteiger partial charge in [-0.3, -0.25) is 0 Å². The Kier molecular flexibility index (Phi) is 5.02. The molecular weight excluding hydrogens is 291 g/mol. The van der Waals surface area contributed by atoms with Gasteiger partial charge in [0.15, 0.2) is 0 Å². The van der Waals surface area contributed by atoms with E-state index in [0.717, 1.165) is 30.6 Å². The lowest BCUT2D eigenvalue weighted by Crippen LogP contribution is -2.31. The van der Waals surface area contributed by atoms with E-state index in [1.54, 1.807) is 18.2 Å². The molecule has 3 nitrogen and oxygen atoms in total. The molecule has 0 aliphatic carbocycles. The zero-order valence-corrected chi connectivity index (χ0v) is 12.8. The molecule has 1 saturated heterocycles. The smallest absolute Gasteiger partial charge is 0.123 e. The fourth-order valence-electron chi connectivity index (χ4n) is 2.98. The number of hydrogen-bond acceptors (Lipinski definition) is 3. The number of nitrogens with one attached hydrogen (secondary N) is 1. The minimum Gasteiger partial charge on any atom is -0.376 e. The van der Waals surface area contributed by atoms with Gasteiger partial charge in [0.25, 0.3) is 0 Å². The van der Waals surface area contributed by atoms with Crippen molar-refractivity contribution in [3.8, 4) is 6.07 Å². The van der Waals surface area contributed by atoms with Crippen molar-refractivity contribution in [2.75, 3.05) is 6.61 Å². The van der Waals surface area contributed by atoms with Crippen LogP contribution in [0.3, 0.4) is 0 Å². The fraction of sp³-hybridized carbons (Fsp3) is 0.316. The molecule has 4 heteroatoms. The molecule has 0 radical (unpaired) electrons. The normalized spacial score (nSPS) is 18.5. The van der Waals surface area contributed by atoms with Crippen molar-refractivity contribution < 1.29 is 9.13 Å². The van der Waals surface area contributed by atoms with Gasteiger partial charge in [-0.2, -0.15) is 5.26 Å². The molecule has 0 bridgehead atoms. The minimum absolute atomic E-state index is 0.0174. The number of rotatable bonds is 5. The van der Waals surface area contributed by atoms with E-state index < -0.39 is 0 Å². The lowest BCUT2D eigenvalue weighted by Gasteiger charge is -2.25. The first-order chi connectivity index (χ1) is 11.3. The molecule has 1 N–H and O–H groups in total. The van der Waals surface area contributed by atoms with Crippen LogP contribution in [0.25, 0.3) is 0 Å². The predicted molar refractivity (Wildman–Crippen MR) is 86.1 cm³/mol. The van der Waals surface area contributed by atoms with Gasteiger partial charge in [0, 0.05) is 13.2 Å². The molecular formula is C19H19FN2O. The number of ether oxygens (including phenoxy) is 1. The molecule has 118 valence electrons. The Morgan fingerprint density at radius 2 is 2.09 bits per heavy atom. The van der Waals surface area contributed by atoms with Crippen LogP contribution in [0.5, 0.6) is 0 Å². The van der Waals surface area contributed by atoms with Crippen molar-refractivity contribution in [3.05, 3.63) is 71.0 Å². The van der Waals surface area contributed by atoms with Gasteiger partial charge in [-0.15, -0.1) is 0 Å². The third-order valence-electron chi connectivity index (χ3n) is 4.15. The van der Waals surface area contributed by atoms with Crippen LogP contribution in [0.2, 0.25) is 0 Å². The van der Waals surface area contributed by atoms with Gasteiger partial charge in [0.1, 0.15) is 5.82 Å². The molecule has 0 saturated carbocycles. The Morgan fingerprint density at radius 3 is 2.78 bits per heavy atom. The van der Waals surface area contributed by atoms with Gasteiger partial charge >= 0.3 is 0 Å². The molecule has 1 aliphatic heterocycles. The van der Waals surface area contributed by atoms with Gasteiger partial charge < -0.3 is 10.1 Å². The minimum atomic E-state index is -0.235. The largest absolute Gasteiger partial charge is 0.376 e. The molecule has 1 fully saturated rings. The SMILES string of the molecule is N#Cc1cccc(CN[C@@H](c2ccc(F)cc2)[C@H]2CCCO2)c1. The van der Waals surface area contributed by atoms with Crippen molar-refractivity contribution in [2.24, 2.45) is 0 Å². The highest BCUT2D eigenvalue weighted by Crippen LogP contribution is 2.27. The first-order valence-electron chi connectivity index (χ1n) is 7.86. The van der Waals surface area contributed by atoms with Gasteiger partial charge in [0.2, 0.25) is 0 Å². The third kappa shape index (κ3) is 3.95. The lowest BCUT2D eigenvalue weighted by molar-refractivity contribution is 0.0776. The van der Waals surface area contributed by atoms with Gasteiger partial charge in [-0.1, -0.05) is 24.3 Å². The quantitative estimate of drug-likeness (QED) is 0.915. The van der Waals surface area contributed by atoms with Crippen molar-refractivity contribution >= 4 is 0 Å². The van der Waals surface area contributed by atoms with E-state index in [1.807, 2.05) is 18.2 Å². The van der Waals surface area contributed by atoms with Gasteiger partial charge in [0.05, 0.1) is 23.8 Å². The highest BCUT2D eigenvalue weighted by atomic mass is 19.1. The summed E-state index contributed by atoms with van der Waals surface area (Å²) in [6.07, 6.45) is 2.14. The molecule has 0 aromatic heterocycles. The first kappa shape index (κ1) is 15.7. The molecule has 0 amide bonds. The number of nitrogens with zero attached hydrogens (tertiary/aromatic N) is 1. The summed E-state index contributed by atoms with van der Waals surface area (Å²) < 4.78 is 19.0. The second-order valence-electron chi connectivity index (χ2n) is 5.77. The van der Waals surface area contributed by atoms with E-state index in [1.165, 1.54) is 12.1 Å². The van der Waals surface area contributed by atoms with Crippen LogP contribution in [0.1, 0.15) is 35.6 Å². The van der Waals surface area contributed by atoms with Crippen molar-refractivity contribution in [1.82, 2.24) is 5.32 Å². The third-order valence-corrected chi connectivity index (χ3v) is 4.15. The van der Waals surface area contributed by atoms with E-state index in [9.17, 15) is 4.39 Å². The maximum atomic E-state index is 13.2. The average Bonchev–Trinajstić information content (AvgIpc) is 3.11. The zero-order chi connectivity index (χ0) is 16.1. The summed E-state index contributed by atoms with van der Waals surface area (Å²) in [6, 6.07) is 16.3. The van der Waals surface area contributed by atoms with Crippen LogP contribution < -0.4 is 5.32 Å². The van der Waals surface area contributed by atoms with Crippen LogP contribution in [0, 0.1) is 17.1 Å². The summed E-state index contributed by atoms with van der Waals surface area (Å²) in [4.78, 5) is 0. The molecule has 1 aliphatic rings. The maximum absolute atomic E-state index is 13.2. The van der Waals surface area contributed by atoms with E-state index in [4.69, 9.17) is 10.00 Å². The topological polar surface area (TPSA) is 45.0 Å². The molecule has 23 heavy (non-hydrogen) atoms. The lowest BCUT2D eigenvalue weighted by atomic mass is 9.98. The fourth-order valence-corrected chi connectivity index (χ4v) is 2.98. The molecule has 2 atom stereocenters. The summed E-state index contributed by atoms with van der Waals surface area (Å²) in [5.41, 5.74) is 2.73. The van der Waals surface area contributed by atoms with E-state index in [-0.39, 0.29) is 18.0 Å². The summed E-state index contributed by atoms with van der Waals surface area (Å²) >= 11 is 0. The Morgan fingerprint density at radius 1 is 1.26 bits per heavy atom. The van der Waals surface area contributed by atoms with Crippen molar-refractivity contribution in [3.63, 3.8) is 0 Å². The Hall–Kier alpha value is -2.22. The van der Waals surface area contributed by atoms with E-state index in [0.29, 0.717) is 12.1 Å². The van der Waals surface area contributed by atoms with Crippen LogP contribution >= 0.6 is 0 Å². The molecule has 0 spiro atoms. The molecule has 2 aromatic carbocycles. The summed E-state index contributed by atoms with van der Waals surface area (Å²) in [7, 11) is 0. The maximum Gasteiger partial charge on any atom is 0.123 e. The highest BCUT2D eigenvalue weighted by Gasteiger charge is 2.27. The number of hydrogen-bond donors (Lipinski definition) is 1. The second kappa shape index (κ2) is 7.36. The molecule has 1 heterocycles. The molecule has 0 unspecified atom stereocenters. The average molecular weight is 310 g/mol. The second-order valence-corrected chi connectivity index (χ2v) is 5.77. The van der Waals surface area contributed by atoms with E-state index >= 15 is 0 Å². The zero-order valence-electron chi connectivity index (χ0n) is 12.8. The summed E-state index contributed by atoms with van der Waals surface area (Å²) in [5.74, 6) is -0.235. The van der Waals surface area contributed by atoms with Crippen molar-refractivity contribution in [2.45, 2.75) is 31.5 Å². The number of benzene rings is 2. The summed E-state index contributed by atoms with van der Waals surface area (Å²) in [5, 5.41) is 12.5. The monoisotopic (exact) mass is 310 g/mol. The standard InChI is InChI=1S/C19H19FN2O/c20-17-8-6-16(7-9-17)19(18-5-2-10-23-18)22-13-15-4-1-3-14(11-15)12-21/h1,3-4,6-9,11,18-19,22H,2,5,10,13H2/t18-,19+/m1/s1. The van der Waals surface area contributed by atoms with E-state index in [2.05, 4.69) is 11.4 Å². The predicted octanol–water partition coefficient (Wildman–Crippen LogP) is 3.71.